The maximum absolute atomic E-state index is 11.6. The van der Waals surface area contributed by atoms with E-state index in [1.165, 1.54) is 0 Å². The molecule has 3 aromatic rings. The van der Waals surface area contributed by atoms with Gasteiger partial charge in [0, 0.05) is 30.7 Å². The van der Waals surface area contributed by atoms with Gasteiger partial charge in [0.1, 0.15) is 17.6 Å². The Kier molecular flexibility index (Phi) is 8.26. The number of aromatic nitrogens is 1. The van der Waals surface area contributed by atoms with Crippen LogP contribution in [-0.2, 0) is 17.8 Å². The molecule has 2 aliphatic rings. The molecule has 2 aromatic carbocycles. The lowest BCUT2D eigenvalue weighted by molar-refractivity contribution is -0.118. The molecule has 0 radical (unpaired) electrons. The zero-order chi connectivity index (χ0) is 24.2. The second kappa shape index (κ2) is 11.6. The Morgan fingerprint density at radius 2 is 2.08 bits per heavy atom. The van der Waals surface area contributed by atoms with Gasteiger partial charge in [0.05, 0.1) is 23.9 Å². The molecule has 36 heavy (non-hydrogen) atoms. The number of halogens is 1. The molecule has 188 valence electrons. The van der Waals surface area contributed by atoms with E-state index in [1.807, 2.05) is 36.4 Å². The van der Waals surface area contributed by atoms with Gasteiger partial charge in [-0.3, -0.25) is 9.78 Å². The maximum atomic E-state index is 11.6. The topological polar surface area (TPSA) is 99.5 Å². The Morgan fingerprint density at radius 1 is 1.25 bits per heavy atom. The molecule has 0 unspecified atom stereocenters. The summed E-state index contributed by atoms with van der Waals surface area (Å²) in [7, 11) is 1.65. The third kappa shape index (κ3) is 5.71. The predicted molar refractivity (Wildman–Crippen MR) is 141 cm³/mol. The van der Waals surface area contributed by atoms with Crippen molar-refractivity contribution in [2.75, 3.05) is 38.7 Å². The lowest BCUT2D eigenvalue weighted by Gasteiger charge is -2.32. The van der Waals surface area contributed by atoms with E-state index in [-0.39, 0.29) is 24.9 Å². The number of hydrogen-bond acceptors (Lipinski definition) is 7. The molecule has 0 saturated carbocycles. The van der Waals surface area contributed by atoms with E-state index < -0.39 is 0 Å². The fourth-order valence-corrected chi connectivity index (χ4v) is 4.85. The average molecular weight is 508 g/mol. The molecular formula is C27H30ClN5O3. The van der Waals surface area contributed by atoms with Gasteiger partial charge in [0.25, 0.3) is 5.91 Å². The number of likely N-dealkylation sites (tertiary alicyclic amines) is 1. The highest BCUT2D eigenvalue weighted by Crippen LogP contribution is 2.29. The molecule has 1 fully saturated rings. The van der Waals surface area contributed by atoms with E-state index in [0.717, 1.165) is 84.7 Å². The molecule has 5 rings (SSSR count). The summed E-state index contributed by atoms with van der Waals surface area (Å²) in [6.07, 6.45) is 4.62. The summed E-state index contributed by atoms with van der Waals surface area (Å²) in [6, 6.07) is 14.5. The number of benzene rings is 2. The van der Waals surface area contributed by atoms with Crippen molar-refractivity contribution in [2.45, 2.75) is 31.8 Å². The number of ether oxygens (including phenoxy) is 2. The fraction of sp³-hybridized carbons (Fsp3) is 0.370. The first-order valence-corrected chi connectivity index (χ1v) is 12.0. The molecule has 8 nitrogen and oxygen atoms in total. The number of rotatable bonds is 7. The number of methoxy groups -OCH3 is 1. The van der Waals surface area contributed by atoms with Crippen LogP contribution < -0.4 is 20.1 Å². The minimum Gasteiger partial charge on any atom is -0.497 e. The van der Waals surface area contributed by atoms with E-state index in [1.54, 1.807) is 13.3 Å². The van der Waals surface area contributed by atoms with Crippen LogP contribution in [-0.4, -0.2) is 55.2 Å². The van der Waals surface area contributed by atoms with Crippen LogP contribution in [0.4, 0.5) is 5.69 Å². The number of hydrogen-bond donors (Lipinski definition) is 2. The Labute approximate surface area is 217 Å². The Morgan fingerprint density at radius 3 is 2.86 bits per heavy atom. The number of carbonyl (C=O) groups excluding carboxylic acids is 1. The number of nitrogens with one attached hydrogen (secondary N) is 2. The van der Waals surface area contributed by atoms with Crippen LogP contribution in [0.15, 0.2) is 42.6 Å². The fourth-order valence-electron chi connectivity index (χ4n) is 4.85. The van der Waals surface area contributed by atoms with Gasteiger partial charge in [-0.1, -0.05) is 6.07 Å². The quantitative estimate of drug-likeness (QED) is 0.503. The molecular weight excluding hydrogens is 478 g/mol. The third-order valence-electron chi connectivity index (χ3n) is 6.84. The summed E-state index contributed by atoms with van der Waals surface area (Å²) < 4.78 is 10.8. The second-order valence-corrected chi connectivity index (χ2v) is 9.06. The Balaban J connectivity index is 0.00000304. The summed E-state index contributed by atoms with van der Waals surface area (Å²) in [5.74, 6) is 1.38. The first-order chi connectivity index (χ1) is 17.1. The largest absolute Gasteiger partial charge is 0.497 e. The molecule has 1 aromatic heterocycles. The minimum atomic E-state index is -0.115. The molecule has 2 aliphatic heterocycles. The van der Waals surface area contributed by atoms with E-state index in [2.05, 4.69) is 26.6 Å². The lowest BCUT2D eigenvalue weighted by Crippen LogP contribution is -2.42. The number of amides is 1. The smallest absolute Gasteiger partial charge is 0.262 e. The molecule has 2 N–H and O–H groups in total. The van der Waals surface area contributed by atoms with E-state index >= 15 is 0 Å². The van der Waals surface area contributed by atoms with Crippen molar-refractivity contribution >= 4 is 34.9 Å². The number of nitriles is 1. The van der Waals surface area contributed by atoms with E-state index in [4.69, 9.17) is 9.47 Å². The molecule has 0 spiro atoms. The van der Waals surface area contributed by atoms with Crippen molar-refractivity contribution in [3.63, 3.8) is 0 Å². The van der Waals surface area contributed by atoms with Crippen molar-refractivity contribution in [1.29, 1.82) is 5.26 Å². The van der Waals surface area contributed by atoms with Gasteiger partial charge in [0.2, 0.25) is 0 Å². The van der Waals surface area contributed by atoms with E-state index in [9.17, 15) is 10.1 Å². The second-order valence-electron chi connectivity index (χ2n) is 9.06. The van der Waals surface area contributed by atoms with Gasteiger partial charge in [-0.15, -0.1) is 12.4 Å². The summed E-state index contributed by atoms with van der Waals surface area (Å²) in [5.41, 5.74) is 4.43. The van der Waals surface area contributed by atoms with Gasteiger partial charge >= 0.3 is 0 Å². The molecule has 9 heteroatoms. The Bertz CT molecular complexity index is 1280. The first kappa shape index (κ1) is 25.7. The van der Waals surface area contributed by atoms with Gasteiger partial charge in [0.15, 0.2) is 6.61 Å². The maximum Gasteiger partial charge on any atom is 0.262 e. The zero-order valence-electron chi connectivity index (χ0n) is 20.3. The highest BCUT2D eigenvalue weighted by molar-refractivity contribution is 5.95. The number of carbonyl (C=O) groups is 1. The van der Waals surface area contributed by atoms with Crippen molar-refractivity contribution in [2.24, 2.45) is 0 Å². The number of pyridine rings is 1. The standard InChI is InChI=1S/C27H29N5O3.ClH/c1-34-21-3-4-24-23(13-21)22(19(14-28)16-30-24)8-11-32-9-6-20(7-10-32)29-15-18-2-5-26-25(12-18)31-27(33)17-35-26;/h2-5,12-13,16,20,29H,6-11,15,17H2,1H3,(H,31,33);1H. The monoisotopic (exact) mass is 507 g/mol. The number of piperidine rings is 1. The van der Waals surface area contributed by atoms with Gasteiger partial charge in [-0.2, -0.15) is 5.26 Å². The van der Waals surface area contributed by atoms with Crippen LogP contribution >= 0.6 is 12.4 Å². The summed E-state index contributed by atoms with van der Waals surface area (Å²) in [4.78, 5) is 18.5. The number of anilines is 1. The van der Waals surface area contributed by atoms with Crippen LogP contribution in [0.25, 0.3) is 10.9 Å². The normalized spacial score (nSPS) is 15.8. The van der Waals surface area contributed by atoms with Gasteiger partial charge in [-0.25, -0.2) is 0 Å². The zero-order valence-corrected chi connectivity index (χ0v) is 21.1. The van der Waals surface area contributed by atoms with E-state index in [0.29, 0.717) is 11.6 Å². The van der Waals surface area contributed by atoms with Crippen molar-refractivity contribution in [1.82, 2.24) is 15.2 Å². The molecule has 1 saturated heterocycles. The number of fused-ring (bicyclic) bond motifs is 2. The van der Waals surface area contributed by atoms with Gasteiger partial charge < -0.3 is 25.0 Å². The van der Waals surface area contributed by atoms with Crippen LogP contribution in [0.1, 0.15) is 29.5 Å². The highest BCUT2D eigenvalue weighted by Gasteiger charge is 2.21. The third-order valence-corrected chi connectivity index (χ3v) is 6.84. The summed E-state index contributed by atoms with van der Waals surface area (Å²) >= 11 is 0. The first-order valence-electron chi connectivity index (χ1n) is 12.0. The molecule has 1 amide bonds. The highest BCUT2D eigenvalue weighted by atomic mass is 35.5. The molecule has 3 heterocycles. The van der Waals surface area contributed by atoms with Crippen LogP contribution in [0.2, 0.25) is 0 Å². The van der Waals surface area contributed by atoms with Crippen LogP contribution in [0.5, 0.6) is 11.5 Å². The minimum absolute atomic E-state index is 0. The predicted octanol–water partition coefficient (Wildman–Crippen LogP) is 3.66. The van der Waals surface area contributed by atoms with Crippen LogP contribution in [0.3, 0.4) is 0 Å². The molecule has 0 bridgehead atoms. The Hall–Kier alpha value is -3.38. The van der Waals surface area contributed by atoms with Crippen molar-refractivity contribution < 1.29 is 14.3 Å². The van der Waals surface area contributed by atoms with Crippen molar-refractivity contribution in [3.05, 3.63) is 59.3 Å². The molecule has 0 atom stereocenters. The van der Waals surface area contributed by atoms with Crippen molar-refractivity contribution in [3.8, 4) is 17.6 Å². The molecule has 0 aliphatic carbocycles. The van der Waals surface area contributed by atoms with Crippen LogP contribution in [0, 0.1) is 11.3 Å². The van der Waals surface area contributed by atoms with Gasteiger partial charge in [-0.05, 0) is 73.8 Å². The summed E-state index contributed by atoms with van der Waals surface area (Å²) in [5, 5.41) is 17.2. The SMILES string of the molecule is COc1ccc2ncc(C#N)c(CCN3CCC(NCc4ccc5c(c4)NC(=O)CO5)CC3)c2c1.Cl. The lowest BCUT2D eigenvalue weighted by atomic mass is 9.99. The summed E-state index contributed by atoms with van der Waals surface area (Å²) in [6.45, 7) is 3.76. The number of nitrogens with zero attached hydrogens (tertiary/aromatic N) is 3. The average Bonchev–Trinajstić information content (AvgIpc) is 2.90.